The topological polar surface area (TPSA) is 56.7 Å². The number of anilines is 1. The second-order valence-corrected chi connectivity index (χ2v) is 6.06. The Morgan fingerprint density at radius 1 is 1.29 bits per heavy atom. The first-order valence-electron chi connectivity index (χ1n) is 6.57. The largest absolute Gasteiger partial charge is 0.507 e. The first-order chi connectivity index (χ1) is 10.1. The molecule has 1 aromatic heterocycles. The highest BCUT2D eigenvalue weighted by atomic mass is 35.5. The summed E-state index contributed by atoms with van der Waals surface area (Å²) in [5, 5.41) is 13.2. The maximum atomic E-state index is 12.4. The van der Waals surface area contributed by atoms with E-state index in [9.17, 15) is 9.90 Å². The minimum Gasteiger partial charge on any atom is -0.507 e. The highest BCUT2D eigenvalue weighted by Crippen LogP contribution is 2.24. The fraction of sp³-hybridized carbons (Fsp3) is 0.286. The number of benzene rings is 1. The standard InChI is InChI=1S/C14H14ClN3O2S/c15-10-1-2-11(12(19)9-10)13(20)17-4-6-18(7-5-17)14-16-3-8-21-14/h1-3,8-9,19H,4-7H2. The van der Waals surface area contributed by atoms with Gasteiger partial charge < -0.3 is 14.9 Å². The van der Waals surface area contributed by atoms with Crippen LogP contribution in [-0.4, -0.2) is 47.1 Å². The molecular weight excluding hydrogens is 310 g/mol. The lowest BCUT2D eigenvalue weighted by Crippen LogP contribution is -2.48. The van der Waals surface area contributed by atoms with E-state index in [2.05, 4.69) is 9.88 Å². The summed E-state index contributed by atoms with van der Waals surface area (Å²) in [6.07, 6.45) is 1.78. The Hall–Kier alpha value is -1.79. The number of thiazole rings is 1. The molecule has 1 N–H and O–H groups in total. The van der Waals surface area contributed by atoms with Gasteiger partial charge in [0.05, 0.1) is 5.56 Å². The van der Waals surface area contributed by atoms with Crippen molar-refractivity contribution in [2.75, 3.05) is 31.1 Å². The Morgan fingerprint density at radius 3 is 2.67 bits per heavy atom. The van der Waals surface area contributed by atoms with E-state index in [0.29, 0.717) is 23.7 Å². The normalized spacial score (nSPS) is 15.3. The number of hydrogen-bond donors (Lipinski definition) is 1. The van der Waals surface area contributed by atoms with E-state index in [0.717, 1.165) is 18.2 Å². The fourth-order valence-corrected chi connectivity index (χ4v) is 3.19. The predicted molar refractivity (Wildman–Crippen MR) is 83.3 cm³/mol. The van der Waals surface area contributed by atoms with E-state index in [1.807, 2.05) is 5.38 Å². The van der Waals surface area contributed by atoms with Crippen molar-refractivity contribution in [2.45, 2.75) is 0 Å². The molecule has 0 bridgehead atoms. The van der Waals surface area contributed by atoms with Crippen LogP contribution < -0.4 is 4.90 Å². The van der Waals surface area contributed by atoms with Crippen molar-refractivity contribution in [1.82, 2.24) is 9.88 Å². The molecule has 1 fully saturated rings. The molecule has 5 nitrogen and oxygen atoms in total. The fourth-order valence-electron chi connectivity index (χ4n) is 2.33. The van der Waals surface area contributed by atoms with Gasteiger partial charge in [-0.1, -0.05) is 11.6 Å². The number of nitrogens with zero attached hydrogens (tertiary/aromatic N) is 3. The van der Waals surface area contributed by atoms with Gasteiger partial charge in [0.1, 0.15) is 5.75 Å². The van der Waals surface area contributed by atoms with Crippen LogP contribution in [0.5, 0.6) is 5.75 Å². The van der Waals surface area contributed by atoms with Crippen molar-refractivity contribution < 1.29 is 9.90 Å². The van der Waals surface area contributed by atoms with Crippen molar-refractivity contribution in [2.24, 2.45) is 0 Å². The van der Waals surface area contributed by atoms with E-state index in [4.69, 9.17) is 11.6 Å². The number of aromatic hydroxyl groups is 1. The zero-order chi connectivity index (χ0) is 14.8. The van der Waals surface area contributed by atoms with Gasteiger partial charge in [-0.15, -0.1) is 11.3 Å². The second-order valence-electron chi connectivity index (χ2n) is 4.76. The van der Waals surface area contributed by atoms with E-state index in [1.165, 1.54) is 6.07 Å². The molecule has 1 amide bonds. The quantitative estimate of drug-likeness (QED) is 0.922. The predicted octanol–water partition coefficient (Wildman–Crippen LogP) is 2.46. The third-order valence-corrected chi connectivity index (χ3v) is 4.51. The van der Waals surface area contributed by atoms with Crippen LogP contribution in [0.4, 0.5) is 5.13 Å². The third kappa shape index (κ3) is 2.96. The average Bonchev–Trinajstić information content (AvgIpc) is 3.01. The first-order valence-corrected chi connectivity index (χ1v) is 7.83. The van der Waals surface area contributed by atoms with Gasteiger partial charge in [-0.2, -0.15) is 0 Å². The molecule has 0 radical (unpaired) electrons. The van der Waals surface area contributed by atoms with Gasteiger partial charge in [0.15, 0.2) is 5.13 Å². The molecule has 1 saturated heterocycles. The van der Waals surface area contributed by atoms with Crippen LogP contribution in [0.2, 0.25) is 5.02 Å². The van der Waals surface area contributed by atoms with Crippen molar-refractivity contribution in [3.8, 4) is 5.75 Å². The molecular formula is C14H14ClN3O2S. The van der Waals surface area contributed by atoms with Crippen LogP contribution in [0.25, 0.3) is 0 Å². The smallest absolute Gasteiger partial charge is 0.257 e. The highest BCUT2D eigenvalue weighted by Gasteiger charge is 2.24. The molecule has 0 aliphatic carbocycles. The maximum absolute atomic E-state index is 12.4. The number of phenols is 1. The number of rotatable bonds is 2. The molecule has 0 saturated carbocycles. The average molecular weight is 324 g/mol. The molecule has 1 aliphatic rings. The minimum absolute atomic E-state index is 0.0742. The number of amides is 1. The zero-order valence-corrected chi connectivity index (χ0v) is 12.8. The Labute approximate surface area is 131 Å². The molecule has 7 heteroatoms. The number of halogens is 1. The molecule has 21 heavy (non-hydrogen) atoms. The monoisotopic (exact) mass is 323 g/mol. The van der Waals surface area contributed by atoms with Gasteiger partial charge in [-0.3, -0.25) is 4.79 Å². The lowest BCUT2D eigenvalue weighted by Gasteiger charge is -2.34. The first kappa shape index (κ1) is 14.2. The van der Waals surface area contributed by atoms with Crippen molar-refractivity contribution in [3.05, 3.63) is 40.4 Å². The number of carbonyl (C=O) groups is 1. The molecule has 2 heterocycles. The van der Waals surface area contributed by atoms with Gasteiger partial charge >= 0.3 is 0 Å². The Morgan fingerprint density at radius 2 is 2.05 bits per heavy atom. The number of carbonyl (C=O) groups excluding carboxylic acids is 1. The van der Waals surface area contributed by atoms with Crippen molar-refractivity contribution >= 4 is 34.0 Å². The minimum atomic E-state index is -0.164. The van der Waals surface area contributed by atoms with Gasteiger partial charge in [0.25, 0.3) is 5.91 Å². The molecule has 2 aromatic rings. The van der Waals surface area contributed by atoms with Crippen molar-refractivity contribution in [3.63, 3.8) is 0 Å². The molecule has 110 valence electrons. The molecule has 3 rings (SSSR count). The van der Waals surface area contributed by atoms with Gasteiger partial charge in [0, 0.05) is 42.8 Å². The summed E-state index contributed by atoms with van der Waals surface area (Å²) in [6.45, 7) is 2.71. The van der Waals surface area contributed by atoms with Crippen LogP contribution >= 0.6 is 22.9 Å². The zero-order valence-electron chi connectivity index (χ0n) is 11.2. The lowest BCUT2D eigenvalue weighted by molar-refractivity contribution is 0.0744. The summed E-state index contributed by atoms with van der Waals surface area (Å²) in [5.74, 6) is -0.238. The van der Waals surface area contributed by atoms with Crippen LogP contribution in [0.15, 0.2) is 29.8 Å². The molecule has 0 atom stereocenters. The summed E-state index contributed by atoms with van der Waals surface area (Å²) >= 11 is 7.38. The molecule has 0 spiro atoms. The van der Waals surface area contributed by atoms with Gasteiger partial charge in [-0.05, 0) is 18.2 Å². The maximum Gasteiger partial charge on any atom is 0.257 e. The summed E-state index contributed by atoms with van der Waals surface area (Å²) in [7, 11) is 0. The summed E-state index contributed by atoms with van der Waals surface area (Å²) < 4.78 is 0. The molecule has 1 aromatic carbocycles. The van der Waals surface area contributed by atoms with E-state index in [-0.39, 0.29) is 11.7 Å². The second kappa shape index (κ2) is 5.91. The summed E-state index contributed by atoms with van der Waals surface area (Å²) in [5.41, 5.74) is 0.294. The van der Waals surface area contributed by atoms with E-state index < -0.39 is 0 Å². The number of phenolic OH excluding ortho intramolecular Hbond substituents is 1. The number of hydrogen-bond acceptors (Lipinski definition) is 5. The van der Waals surface area contributed by atoms with Gasteiger partial charge in [0.2, 0.25) is 0 Å². The Bertz CT molecular complexity index is 640. The van der Waals surface area contributed by atoms with Crippen LogP contribution in [0.3, 0.4) is 0 Å². The lowest BCUT2D eigenvalue weighted by atomic mass is 10.1. The van der Waals surface area contributed by atoms with Crippen molar-refractivity contribution in [1.29, 1.82) is 0 Å². The van der Waals surface area contributed by atoms with E-state index >= 15 is 0 Å². The van der Waals surface area contributed by atoms with Crippen LogP contribution in [0.1, 0.15) is 10.4 Å². The van der Waals surface area contributed by atoms with Crippen LogP contribution in [-0.2, 0) is 0 Å². The number of piperazine rings is 1. The summed E-state index contributed by atoms with van der Waals surface area (Å²) in [6, 6.07) is 4.56. The highest BCUT2D eigenvalue weighted by molar-refractivity contribution is 7.13. The van der Waals surface area contributed by atoms with E-state index in [1.54, 1.807) is 34.6 Å². The number of aromatic nitrogens is 1. The Kier molecular flexibility index (Phi) is 3.98. The Balaban J connectivity index is 1.67. The SMILES string of the molecule is O=C(c1ccc(Cl)cc1O)N1CCN(c2nccs2)CC1. The van der Waals surface area contributed by atoms with Gasteiger partial charge in [-0.25, -0.2) is 4.98 Å². The third-order valence-electron chi connectivity index (χ3n) is 3.45. The summed E-state index contributed by atoms with van der Waals surface area (Å²) in [4.78, 5) is 20.6. The molecule has 0 unspecified atom stereocenters. The van der Waals surface area contributed by atoms with Crippen LogP contribution in [0, 0.1) is 0 Å². The molecule has 1 aliphatic heterocycles.